The van der Waals surface area contributed by atoms with Crippen LogP contribution in [-0.2, 0) is 10.2 Å². The summed E-state index contributed by atoms with van der Waals surface area (Å²) in [6.45, 7) is 0. The second-order valence-electron chi connectivity index (χ2n) is 6.78. The van der Waals surface area contributed by atoms with Crippen molar-refractivity contribution in [3.63, 3.8) is 0 Å². The van der Waals surface area contributed by atoms with E-state index in [1.165, 1.54) is 22.7 Å². The summed E-state index contributed by atoms with van der Waals surface area (Å²) in [5.41, 5.74) is 3.02. The van der Waals surface area contributed by atoms with Crippen molar-refractivity contribution < 1.29 is 18.3 Å². The van der Waals surface area contributed by atoms with Gasteiger partial charge in [-0.1, -0.05) is 18.2 Å². The summed E-state index contributed by atoms with van der Waals surface area (Å²) >= 11 is 0. The number of aromatic nitrogens is 1. The highest BCUT2D eigenvalue weighted by Gasteiger charge is 2.36. The second kappa shape index (κ2) is 6.57. The summed E-state index contributed by atoms with van der Waals surface area (Å²) in [7, 11) is 0.828. The van der Waals surface area contributed by atoms with Crippen LogP contribution in [0.25, 0.3) is 17.0 Å². The fraction of sp³-hybridized carbons (Fsp3) is 0.200. The highest BCUT2D eigenvalue weighted by atomic mass is 32.2. The van der Waals surface area contributed by atoms with E-state index in [-0.39, 0.29) is 5.75 Å². The maximum atomic E-state index is 13.1. The quantitative estimate of drug-likeness (QED) is 0.706. The summed E-state index contributed by atoms with van der Waals surface area (Å²) in [6, 6.07) is 10.2. The Kier molecular flexibility index (Phi) is 4.32. The molecule has 0 fully saturated rings. The molecule has 1 aliphatic rings. The third-order valence-electron chi connectivity index (χ3n) is 4.99. The van der Waals surface area contributed by atoms with Crippen molar-refractivity contribution in [3.8, 4) is 11.5 Å². The average Bonchev–Trinajstić information content (AvgIpc) is 3.11. The number of hydrogen-bond acceptors (Lipinski definition) is 4. The molecule has 7 nitrogen and oxygen atoms in total. The van der Waals surface area contributed by atoms with Crippen molar-refractivity contribution in [2.45, 2.75) is 6.04 Å². The molecule has 4 rings (SSSR count). The van der Waals surface area contributed by atoms with E-state index in [1.807, 2.05) is 24.3 Å². The minimum atomic E-state index is -3.75. The number of nitrogens with zero attached hydrogens (tertiary/aromatic N) is 2. The predicted molar refractivity (Wildman–Crippen MR) is 108 cm³/mol. The summed E-state index contributed by atoms with van der Waals surface area (Å²) in [6.07, 6.45) is 5.10. The van der Waals surface area contributed by atoms with E-state index in [0.29, 0.717) is 11.3 Å². The summed E-state index contributed by atoms with van der Waals surface area (Å²) in [5.74, 6) is 0.756. The van der Waals surface area contributed by atoms with Gasteiger partial charge in [0.25, 0.3) is 0 Å². The number of methoxy groups -OCH3 is 1. The molecule has 1 aliphatic heterocycles. The molecule has 2 N–H and O–H groups in total. The molecule has 0 amide bonds. The van der Waals surface area contributed by atoms with Crippen molar-refractivity contribution in [3.05, 3.63) is 65.5 Å². The second-order valence-corrected chi connectivity index (χ2v) is 8.82. The van der Waals surface area contributed by atoms with Crippen LogP contribution in [0.3, 0.4) is 0 Å². The predicted octanol–water partition coefficient (Wildman–Crippen LogP) is 3.06. The van der Waals surface area contributed by atoms with Crippen LogP contribution in [-0.4, -0.2) is 48.3 Å². The van der Waals surface area contributed by atoms with E-state index in [1.54, 1.807) is 37.7 Å². The highest BCUT2D eigenvalue weighted by molar-refractivity contribution is 7.86. The van der Waals surface area contributed by atoms with Gasteiger partial charge in [-0.15, -0.1) is 0 Å². The molecule has 2 heterocycles. The van der Waals surface area contributed by atoms with Crippen LogP contribution in [0.5, 0.6) is 11.5 Å². The largest absolute Gasteiger partial charge is 0.506 e. The molecule has 0 saturated carbocycles. The molecule has 1 aromatic heterocycles. The number of phenolic OH excluding ortho intramolecular Hbond substituents is 1. The van der Waals surface area contributed by atoms with Crippen LogP contribution >= 0.6 is 0 Å². The van der Waals surface area contributed by atoms with Gasteiger partial charge in [0.2, 0.25) is 0 Å². The zero-order valence-electron chi connectivity index (χ0n) is 15.7. The molecule has 1 unspecified atom stereocenters. The van der Waals surface area contributed by atoms with Gasteiger partial charge in [0.05, 0.1) is 18.7 Å². The highest BCUT2D eigenvalue weighted by Crippen LogP contribution is 2.42. The van der Waals surface area contributed by atoms with Gasteiger partial charge in [0.15, 0.2) is 0 Å². The van der Waals surface area contributed by atoms with Crippen LogP contribution in [0.4, 0.5) is 0 Å². The van der Waals surface area contributed by atoms with E-state index >= 15 is 0 Å². The zero-order chi connectivity index (χ0) is 20.1. The fourth-order valence-electron chi connectivity index (χ4n) is 3.53. The van der Waals surface area contributed by atoms with Crippen molar-refractivity contribution >= 4 is 27.2 Å². The number of para-hydroxylation sites is 1. The molecule has 0 spiro atoms. The van der Waals surface area contributed by atoms with Crippen LogP contribution < -0.4 is 4.74 Å². The molecular weight excluding hydrogens is 378 g/mol. The topological polar surface area (TPSA) is 85.9 Å². The Morgan fingerprint density at radius 3 is 2.68 bits per heavy atom. The lowest BCUT2D eigenvalue weighted by molar-refractivity contribution is 0.396. The van der Waals surface area contributed by atoms with Gasteiger partial charge in [0.1, 0.15) is 11.5 Å². The van der Waals surface area contributed by atoms with Crippen LogP contribution in [0, 0.1) is 0 Å². The minimum Gasteiger partial charge on any atom is -0.506 e. The van der Waals surface area contributed by atoms with Gasteiger partial charge < -0.3 is 14.8 Å². The van der Waals surface area contributed by atoms with Gasteiger partial charge in [0, 0.05) is 37.4 Å². The standard InChI is InChI=1S/C20H21N3O4S/c1-22(2)28(25,26)23-10-9-13-7-8-14(27-3)11-16(13)20(23)17-12-21-19-15(17)5-4-6-18(19)24/h4-12,20-21,24H,1-3H3. The monoisotopic (exact) mass is 399 g/mol. The Balaban J connectivity index is 2.01. The lowest BCUT2D eigenvalue weighted by atomic mass is 9.92. The number of fused-ring (bicyclic) bond motifs is 2. The van der Waals surface area contributed by atoms with Crippen LogP contribution in [0.15, 0.2) is 48.8 Å². The fourth-order valence-corrected chi connectivity index (χ4v) is 4.62. The van der Waals surface area contributed by atoms with E-state index in [4.69, 9.17) is 4.74 Å². The number of nitrogens with one attached hydrogen (secondary N) is 1. The van der Waals surface area contributed by atoms with Crippen LogP contribution in [0.1, 0.15) is 22.7 Å². The molecule has 3 aromatic rings. The summed E-state index contributed by atoms with van der Waals surface area (Å²) < 4.78 is 34.0. The van der Waals surface area contributed by atoms with Gasteiger partial charge in [-0.25, -0.2) is 0 Å². The lowest BCUT2D eigenvalue weighted by Crippen LogP contribution is -2.40. The van der Waals surface area contributed by atoms with Gasteiger partial charge in [-0.3, -0.25) is 4.31 Å². The number of phenols is 1. The number of rotatable bonds is 4. The van der Waals surface area contributed by atoms with Crippen molar-refractivity contribution in [1.29, 1.82) is 0 Å². The Labute approximate surface area is 163 Å². The number of hydrogen-bond donors (Lipinski definition) is 2. The number of aromatic amines is 1. The molecule has 8 heteroatoms. The molecule has 0 radical (unpaired) electrons. The molecule has 0 saturated heterocycles. The molecule has 28 heavy (non-hydrogen) atoms. The number of H-pyrrole nitrogens is 1. The van der Waals surface area contributed by atoms with E-state index < -0.39 is 16.3 Å². The molecule has 0 aliphatic carbocycles. The minimum absolute atomic E-state index is 0.114. The normalized spacial score (nSPS) is 16.6. The van der Waals surface area contributed by atoms with E-state index in [0.717, 1.165) is 22.1 Å². The Morgan fingerprint density at radius 2 is 1.96 bits per heavy atom. The van der Waals surface area contributed by atoms with Crippen molar-refractivity contribution in [2.75, 3.05) is 21.2 Å². The van der Waals surface area contributed by atoms with E-state index in [2.05, 4.69) is 4.98 Å². The summed E-state index contributed by atoms with van der Waals surface area (Å²) in [4.78, 5) is 3.07. The van der Waals surface area contributed by atoms with E-state index in [9.17, 15) is 13.5 Å². The molecule has 0 bridgehead atoms. The molecular formula is C20H21N3O4S. The first-order chi connectivity index (χ1) is 13.3. The first-order valence-corrected chi connectivity index (χ1v) is 10.1. The van der Waals surface area contributed by atoms with Gasteiger partial charge in [-0.2, -0.15) is 12.7 Å². The smallest absolute Gasteiger partial charge is 0.303 e. The Morgan fingerprint density at radius 1 is 1.18 bits per heavy atom. The number of benzene rings is 2. The summed E-state index contributed by atoms with van der Waals surface area (Å²) in [5, 5.41) is 10.9. The number of aromatic hydroxyl groups is 1. The van der Waals surface area contributed by atoms with Crippen LogP contribution in [0.2, 0.25) is 0 Å². The SMILES string of the molecule is COc1ccc2c(c1)C(c1c[nH]c3c(O)cccc13)N(S(=O)(=O)N(C)C)C=C2. The third kappa shape index (κ3) is 2.73. The molecule has 146 valence electrons. The number of ether oxygens (including phenoxy) is 1. The van der Waals surface area contributed by atoms with Gasteiger partial charge >= 0.3 is 10.2 Å². The Bertz CT molecular complexity index is 1180. The molecule has 1 atom stereocenters. The van der Waals surface area contributed by atoms with Gasteiger partial charge in [-0.05, 0) is 35.4 Å². The van der Waals surface area contributed by atoms with Crippen molar-refractivity contribution in [2.24, 2.45) is 0 Å². The average molecular weight is 399 g/mol. The third-order valence-corrected chi connectivity index (χ3v) is 6.78. The first kappa shape index (κ1) is 18.4. The lowest BCUT2D eigenvalue weighted by Gasteiger charge is -2.35. The maximum absolute atomic E-state index is 13.1. The Hall–Kier alpha value is -2.97. The van der Waals surface area contributed by atoms with Crippen molar-refractivity contribution in [1.82, 2.24) is 13.6 Å². The maximum Gasteiger partial charge on any atom is 0.303 e. The first-order valence-electron chi connectivity index (χ1n) is 8.70. The zero-order valence-corrected chi connectivity index (χ0v) is 16.6. The molecule has 2 aromatic carbocycles.